The lowest BCUT2D eigenvalue weighted by Gasteiger charge is -2.35. The third kappa shape index (κ3) is 5.97. The average molecular weight is 458 g/mol. The molecule has 0 saturated carbocycles. The third-order valence-electron chi connectivity index (χ3n) is 6.17. The van der Waals surface area contributed by atoms with E-state index in [1.165, 1.54) is 0 Å². The molecule has 4 heterocycles. The van der Waals surface area contributed by atoms with Gasteiger partial charge in [0.1, 0.15) is 11.6 Å². The number of ether oxygens (including phenoxy) is 1. The van der Waals surface area contributed by atoms with Crippen molar-refractivity contribution in [2.75, 3.05) is 36.9 Å². The van der Waals surface area contributed by atoms with Gasteiger partial charge in [0.05, 0.1) is 22.2 Å². The SMILES string of the molecule is CC1(C)C[C@@H](CNc2cccc(-c3cc(NC(=O)[C@@H]4CCCNC4)ncc3Cl)n2)CCO1. The van der Waals surface area contributed by atoms with Crippen molar-refractivity contribution in [3.05, 3.63) is 35.5 Å². The minimum atomic E-state index is -0.0705. The Bertz CT molecular complexity index is 946. The van der Waals surface area contributed by atoms with E-state index < -0.39 is 0 Å². The quantitative estimate of drug-likeness (QED) is 0.597. The van der Waals surface area contributed by atoms with Gasteiger partial charge in [-0.05, 0) is 70.2 Å². The molecular weight excluding hydrogens is 426 g/mol. The van der Waals surface area contributed by atoms with Crippen LogP contribution in [0.25, 0.3) is 11.3 Å². The van der Waals surface area contributed by atoms with E-state index in [-0.39, 0.29) is 17.4 Å². The Morgan fingerprint density at radius 3 is 2.97 bits per heavy atom. The molecule has 172 valence electrons. The molecule has 2 aromatic rings. The van der Waals surface area contributed by atoms with Crippen LogP contribution >= 0.6 is 11.6 Å². The monoisotopic (exact) mass is 457 g/mol. The van der Waals surface area contributed by atoms with Gasteiger partial charge < -0.3 is 20.7 Å². The van der Waals surface area contributed by atoms with E-state index >= 15 is 0 Å². The maximum Gasteiger partial charge on any atom is 0.229 e. The van der Waals surface area contributed by atoms with E-state index in [0.717, 1.165) is 62.5 Å². The lowest BCUT2D eigenvalue weighted by atomic mass is 9.88. The summed E-state index contributed by atoms with van der Waals surface area (Å²) in [5.41, 5.74) is 1.41. The standard InChI is InChI=1S/C24H32ClN5O2/c1-24(2)12-16(8-10-32-24)13-27-21-7-3-6-20(29-21)18-11-22(28-15-19(18)25)30-23(31)17-5-4-9-26-14-17/h3,6-7,11,15-17,26H,4-5,8-10,12-14H2,1-2H3,(H,27,29)(H,28,30,31)/t16-,17+/m0/s1. The Kier molecular flexibility index (Phi) is 7.28. The topological polar surface area (TPSA) is 88.2 Å². The fraction of sp³-hybridized carbons (Fsp3) is 0.542. The number of nitrogens with one attached hydrogen (secondary N) is 3. The van der Waals surface area contributed by atoms with Crippen LogP contribution < -0.4 is 16.0 Å². The molecule has 32 heavy (non-hydrogen) atoms. The number of halogens is 1. The first-order chi connectivity index (χ1) is 15.4. The molecule has 2 aromatic heterocycles. The summed E-state index contributed by atoms with van der Waals surface area (Å²) in [5, 5.41) is 10.2. The molecule has 0 aromatic carbocycles. The summed E-state index contributed by atoms with van der Waals surface area (Å²) in [6.45, 7) is 7.60. The second-order valence-corrected chi connectivity index (χ2v) is 9.75. The lowest BCUT2D eigenvalue weighted by Crippen LogP contribution is -2.37. The molecule has 2 aliphatic rings. The predicted molar refractivity (Wildman–Crippen MR) is 128 cm³/mol. The van der Waals surface area contributed by atoms with Crippen molar-refractivity contribution >= 4 is 29.1 Å². The summed E-state index contributed by atoms with van der Waals surface area (Å²) in [6.07, 6.45) is 5.53. The van der Waals surface area contributed by atoms with E-state index in [4.69, 9.17) is 21.3 Å². The molecule has 0 spiro atoms. The Morgan fingerprint density at radius 2 is 2.19 bits per heavy atom. The minimum absolute atomic E-state index is 0.0132. The van der Waals surface area contributed by atoms with Gasteiger partial charge in [-0.15, -0.1) is 0 Å². The molecule has 2 atom stereocenters. The number of anilines is 2. The maximum absolute atomic E-state index is 12.6. The molecule has 2 aliphatic heterocycles. The van der Waals surface area contributed by atoms with E-state index in [0.29, 0.717) is 23.3 Å². The molecule has 2 fully saturated rings. The zero-order valence-corrected chi connectivity index (χ0v) is 19.5. The van der Waals surface area contributed by atoms with Gasteiger partial charge in [0.15, 0.2) is 0 Å². The van der Waals surface area contributed by atoms with Gasteiger partial charge in [-0.3, -0.25) is 4.79 Å². The number of carbonyl (C=O) groups excluding carboxylic acids is 1. The summed E-state index contributed by atoms with van der Waals surface area (Å²) in [5.74, 6) is 1.79. The first kappa shape index (κ1) is 23.0. The van der Waals surface area contributed by atoms with Gasteiger partial charge in [-0.1, -0.05) is 17.7 Å². The van der Waals surface area contributed by atoms with E-state index in [2.05, 4.69) is 34.8 Å². The van der Waals surface area contributed by atoms with E-state index in [9.17, 15) is 4.79 Å². The molecule has 0 aliphatic carbocycles. The minimum Gasteiger partial charge on any atom is -0.376 e. The number of hydrogen-bond donors (Lipinski definition) is 3. The largest absolute Gasteiger partial charge is 0.376 e. The van der Waals surface area contributed by atoms with Crippen molar-refractivity contribution < 1.29 is 9.53 Å². The molecular formula is C24H32ClN5O2. The van der Waals surface area contributed by atoms with E-state index in [1.807, 2.05) is 18.2 Å². The Labute approximate surface area is 194 Å². The Morgan fingerprint density at radius 1 is 1.31 bits per heavy atom. The number of rotatable bonds is 6. The normalized spacial score (nSPS) is 22.8. The van der Waals surface area contributed by atoms with Crippen LogP contribution in [0.2, 0.25) is 5.02 Å². The van der Waals surface area contributed by atoms with Crippen LogP contribution in [0.1, 0.15) is 39.5 Å². The van der Waals surface area contributed by atoms with Crippen molar-refractivity contribution in [1.29, 1.82) is 0 Å². The number of piperidine rings is 1. The van der Waals surface area contributed by atoms with Crippen LogP contribution in [-0.2, 0) is 9.53 Å². The summed E-state index contributed by atoms with van der Waals surface area (Å²) in [7, 11) is 0. The second-order valence-electron chi connectivity index (χ2n) is 9.34. The van der Waals surface area contributed by atoms with Crippen molar-refractivity contribution in [1.82, 2.24) is 15.3 Å². The molecule has 1 amide bonds. The van der Waals surface area contributed by atoms with Crippen molar-refractivity contribution in [3.63, 3.8) is 0 Å². The summed E-state index contributed by atoms with van der Waals surface area (Å²) in [4.78, 5) is 21.6. The first-order valence-corrected chi connectivity index (χ1v) is 11.8. The number of aromatic nitrogens is 2. The highest BCUT2D eigenvalue weighted by Gasteiger charge is 2.28. The molecule has 2 saturated heterocycles. The van der Waals surface area contributed by atoms with Gasteiger partial charge in [0, 0.05) is 31.5 Å². The van der Waals surface area contributed by atoms with Gasteiger partial charge in [0.25, 0.3) is 0 Å². The smallest absolute Gasteiger partial charge is 0.229 e. The van der Waals surface area contributed by atoms with Crippen LogP contribution in [0.15, 0.2) is 30.5 Å². The van der Waals surface area contributed by atoms with Crippen LogP contribution in [0.5, 0.6) is 0 Å². The van der Waals surface area contributed by atoms with E-state index in [1.54, 1.807) is 12.3 Å². The zero-order valence-electron chi connectivity index (χ0n) is 18.8. The number of amides is 1. The summed E-state index contributed by atoms with van der Waals surface area (Å²) < 4.78 is 5.82. The van der Waals surface area contributed by atoms with Crippen molar-refractivity contribution in [3.8, 4) is 11.3 Å². The van der Waals surface area contributed by atoms with Gasteiger partial charge in [0.2, 0.25) is 5.91 Å². The average Bonchev–Trinajstić information content (AvgIpc) is 2.79. The fourth-order valence-electron chi connectivity index (χ4n) is 4.47. The van der Waals surface area contributed by atoms with Crippen LogP contribution in [0.4, 0.5) is 11.6 Å². The molecule has 8 heteroatoms. The van der Waals surface area contributed by atoms with Gasteiger partial charge in [-0.2, -0.15) is 0 Å². The molecule has 3 N–H and O–H groups in total. The zero-order chi connectivity index (χ0) is 22.6. The van der Waals surface area contributed by atoms with Crippen molar-refractivity contribution in [2.24, 2.45) is 11.8 Å². The number of pyridine rings is 2. The summed E-state index contributed by atoms with van der Waals surface area (Å²) >= 11 is 6.44. The number of nitrogens with zero attached hydrogens (tertiary/aromatic N) is 2. The fourth-order valence-corrected chi connectivity index (χ4v) is 4.67. The van der Waals surface area contributed by atoms with Crippen LogP contribution in [-0.4, -0.2) is 47.7 Å². The Balaban J connectivity index is 1.43. The highest BCUT2D eigenvalue weighted by molar-refractivity contribution is 6.33. The highest BCUT2D eigenvalue weighted by atomic mass is 35.5. The third-order valence-corrected chi connectivity index (χ3v) is 6.47. The maximum atomic E-state index is 12.6. The van der Waals surface area contributed by atoms with Gasteiger partial charge >= 0.3 is 0 Å². The molecule has 0 radical (unpaired) electrons. The molecule has 4 rings (SSSR count). The molecule has 0 unspecified atom stereocenters. The van der Waals surface area contributed by atoms with Crippen LogP contribution in [0.3, 0.4) is 0 Å². The molecule has 7 nitrogen and oxygen atoms in total. The second kappa shape index (κ2) is 10.1. The molecule has 0 bridgehead atoms. The highest BCUT2D eigenvalue weighted by Crippen LogP contribution is 2.30. The number of hydrogen-bond acceptors (Lipinski definition) is 6. The number of carbonyl (C=O) groups is 1. The first-order valence-electron chi connectivity index (χ1n) is 11.4. The van der Waals surface area contributed by atoms with Gasteiger partial charge in [-0.25, -0.2) is 9.97 Å². The Hall–Kier alpha value is -2.22. The van der Waals surface area contributed by atoms with Crippen LogP contribution in [0, 0.1) is 11.8 Å². The lowest BCUT2D eigenvalue weighted by molar-refractivity contribution is -0.120. The summed E-state index contributed by atoms with van der Waals surface area (Å²) in [6, 6.07) is 7.63. The van der Waals surface area contributed by atoms with Crippen molar-refractivity contribution in [2.45, 2.75) is 45.1 Å². The predicted octanol–water partition coefficient (Wildman–Crippen LogP) is 4.35.